The molecule has 0 bridgehead atoms. The number of rotatable bonds is 1. The first-order valence-electron chi connectivity index (χ1n) is 5.58. The summed E-state index contributed by atoms with van der Waals surface area (Å²) in [5.41, 5.74) is 3.92. The van der Waals surface area contributed by atoms with Gasteiger partial charge in [0.1, 0.15) is 5.60 Å². The van der Waals surface area contributed by atoms with Crippen LogP contribution in [0.2, 0.25) is 0 Å². The molecule has 1 atom stereocenters. The highest BCUT2D eigenvalue weighted by Gasteiger charge is 2.49. The maximum absolute atomic E-state index is 11.9. The number of methoxy groups -OCH3 is 1. The Morgan fingerprint density at radius 1 is 1.35 bits per heavy atom. The van der Waals surface area contributed by atoms with E-state index in [1.807, 2.05) is 0 Å². The van der Waals surface area contributed by atoms with Gasteiger partial charge in [-0.05, 0) is 33.6 Å². The minimum atomic E-state index is -1.39. The quantitative estimate of drug-likeness (QED) is 0.691. The molecule has 6 nitrogen and oxygen atoms in total. The third kappa shape index (κ3) is 2.88. The molecule has 1 amide bonds. The summed E-state index contributed by atoms with van der Waals surface area (Å²) in [5, 5.41) is 0. The Hall–Kier alpha value is -1.30. The summed E-state index contributed by atoms with van der Waals surface area (Å²) in [7, 11) is 1.25. The van der Waals surface area contributed by atoms with E-state index < -0.39 is 23.3 Å². The molecule has 1 aliphatic heterocycles. The predicted octanol–water partition coefficient (Wildman–Crippen LogP) is 0.845. The molecular weight excluding hydrogens is 224 g/mol. The highest BCUT2D eigenvalue weighted by Crippen LogP contribution is 2.27. The minimum Gasteiger partial charge on any atom is -0.466 e. The Morgan fingerprint density at radius 2 is 1.94 bits per heavy atom. The summed E-state index contributed by atoms with van der Waals surface area (Å²) >= 11 is 0. The van der Waals surface area contributed by atoms with Crippen molar-refractivity contribution < 1.29 is 19.1 Å². The van der Waals surface area contributed by atoms with E-state index in [1.54, 1.807) is 20.8 Å². The standard InChI is InChI=1S/C11H20N2O4/c1-10(2,3)17-9(15)13-7-5-6-11(13,12)8(14)16-4/h5-7,12H2,1-4H3. The van der Waals surface area contributed by atoms with Crippen LogP contribution in [-0.2, 0) is 14.3 Å². The summed E-state index contributed by atoms with van der Waals surface area (Å²) in [5.74, 6) is -0.610. The summed E-state index contributed by atoms with van der Waals surface area (Å²) in [6.07, 6.45) is 0.465. The largest absolute Gasteiger partial charge is 0.466 e. The van der Waals surface area contributed by atoms with Crippen LogP contribution < -0.4 is 5.73 Å². The lowest BCUT2D eigenvalue weighted by atomic mass is 10.1. The zero-order chi connectivity index (χ0) is 13.3. The van der Waals surface area contributed by atoms with Crippen molar-refractivity contribution in [2.75, 3.05) is 13.7 Å². The molecule has 0 spiro atoms. The molecule has 0 aromatic heterocycles. The Kier molecular flexibility index (Phi) is 3.66. The van der Waals surface area contributed by atoms with Crippen molar-refractivity contribution in [2.45, 2.75) is 44.9 Å². The van der Waals surface area contributed by atoms with Crippen molar-refractivity contribution in [1.29, 1.82) is 0 Å². The molecule has 1 fully saturated rings. The van der Waals surface area contributed by atoms with E-state index in [-0.39, 0.29) is 0 Å². The molecule has 1 rings (SSSR count). The van der Waals surface area contributed by atoms with Gasteiger partial charge in [-0.1, -0.05) is 0 Å². The number of amides is 1. The predicted molar refractivity (Wildman–Crippen MR) is 61.1 cm³/mol. The van der Waals surface area contributed by atoms with Crippen LogP contribution >= 0.6 is 0 Å². The first-order chi connectivity index (χ1) is 7.70. The highest BCUT2D eigenvalue weighted by atomic mass is 16.6. The van der Waals surface area contributed by atoms with Crippen molar-refractivity contribution in [3.8, 4) is 0 Å². The fourth-order valence-corrected chi connectivity index (χ4v) is 1.80. The van der Waals surface area contributed by atoms with E-state index >= 15 is 0 Å². The van der Waals surface area contributed by atoms with Gasteiger partial charge in [-0.25, -0.2) is 9.59 Å². The van der Waals surface area contributed by atoms with Gasteiger partial charge in [0.05, 0.1) is 7.11 Å². The lowest BCUT2D eigenvalue weighted by Crippen LogP contribution is -2.60. The molecule has 1 heterocycles. The number of esters is 1. The molecule has 6 heteroatoms. The zero-order valence-electron chi connectivity index (χ0n) is 10.8. The Labute approximate surface area is 101 Å². The van der Waals surface area contributed by atoms with E-state index in [2.05, 4.69) is 4.74 Å². The third-order valence-corrected chi connectivity index (χ3v) is 2.57. The number of likely N-dealkylation sites (tertiary alicyclic amines) is 1. The topological polar surface area (TPSA) is 81.9 Å². The van der Waals surface area contributed by atoms with Crippen molar-refractivity contribution in [1.82, 2.24) is 4.90 Å². The number of nitrogens with two attached hydrogens (primary N) is 1. The summed E-state index contributed by atoms with van der Waals surface area (Å²) in [4.78, 5) is 24.8. The SMILES string of the molecule is COC(=O)C1(N)CCCN1C(=O)OC(C)(C)C. The smallest absolute Gasteiger partial charge is 0.412 e. The van der Waals surface area contributed by atoms with Gasteiger partial charge in [-0.15, -0.1) is 0 Å². The van der Waals surface area contributed by atoms with Crippen LogP contribution in [0, 0.1) is 0 Å². The van der Waals surface area contributed by atoms with Gasteiger partial charge in [-0.2, -0.15) is 0 Å². The second-order valence-electron chi connectivity index (χ2n) is 5.15. The molecule has 0 aromatic carbocycles. The molecule has 0 radical (unpaired) electrons. The maximum Gasteiger partial charge on any atom is 0.412 e. The number of carbonyl (C=O) groups is 2. The average molecular weight is 244 g/mol. The van der Waals surface area contributed by atoms with Gasteiger partial charge >= 0.3 is 12.1 Å². The third-order valence-electron chi connectivity index (χ3n) is 2.57. The molecule has 0 aliphatic carbocycles. The van der Waals surface area contributed by atoms with Crippen molar-refractivity contribution in [3.05, 3.63) is 0 Å². The van der Waals surface area contributed by atoms with Crippen molar-refractivity contribution in [2.24, 2.45) is 5.73 Å². The van der Waals surface area contributed by atoms with Gasteiger partial charge in [0.15, 0.2) is 5.66 Å². The maximum atomic E-state index is 11.9. The fraction of sp³-hybridized carbons (Fsp3) is 0.818. The Bertz CT molecular complexity index is 324. The van der Waals surface area contributed by atoms with Gasteiger partial charge in [-0.3, -0.25) is 10.6 Å². The van der Waals surface area contributed by atoms with Gasteiger partial charge in [0.25, 0.3) is 0 Å². The van der Waals surface area contributed by atoms with E-state index in [4.69, 9.17) is 10.5 Å². The molecule has 2 N–H and O–H groups in total. The van der Waals surface area contributed by atoms with Crippen LogP contribution in [-0.4, -0.2) is 41.9 Å². The molecule has 1 aliphatic rings. The van der Waals surface area contributed by atoms with Crippen LogP contribution in [0.4, 0.5) is 4.79 Å². The van der Waals surface area contributed by atoms with Crippen molar-refractivity contribution in [3.63, 3.8) is 0 Å². The van der Waals surface area contributed by atoms with E-state index in [0.717, 1.165) is 0 Å². The van der Waals surface area contributed by atoms with Crippen LogP contribution in [0.25, 0.3) is 0 Å². The van der Waals surface area contributed by atoms with Crippen LogP contribution in [0.1, 0.15) is 33.6 Å². The summed E-state index contributed by atoms with van der Waals surface area (Å²) in [6, 6.07) is 0. The second-order valence-corrected chi connectivity index (χ2v) is 5.15. The van der Waals surface area contributed by atoms with Crippen LogP contribution in [0.3, 0.4) is 0 Å². The van der Waals surface area contributed by atoms with Gasteiger partial charge in [0.2, 0.25) is 0 Å². The Balaban J connectivity index is 2.83. The lowest BCUT2D eigenvalue weighted by molar-refractivity contribution is -0.152. The van der Waals surface area contributed by atoms with E-state index in [1.165, 1.54) is 12.0 Å². The van der Waals surface area contributed by atoms with Gasteiger partial charge in [0, 0.05) is 6.54 Å². The van der Waals surface area contributed by atoms with Gasteiger partial charge < -0.3 is 9.47 Å². The fourth-order valence-electron chi connectivity index (χ4n) is 1.80. The average Bonchev–Trinajstić information content (AvgIpc) is 2.58. The van der Waals surface area contributed by atoms with E-state index in [0.29, 0.717) is 19.4 Å². The molecule has 0 saturated carbocycles. The number of nitrogens with zero attached hydrogens (tertiary/aromatic N) is 1. The minimum absolute atomic E-state index is 0.388. The zero-order valence-corrected chi connectivity index (χ0v) is 10.8. The first-order valence-corrected chi connectivity index (χ1v) is 5.58. The monoisotopic (exact) mass is 244 g/mol. The van der Waals surface area contributed by atoms with E-state index in [9.17, 15) is 9.59 Å². The normalized spacial score (nSPS) is 24.6. The molecular formula is C11H20N2O4. The molecule has 17 heavy (non-hydrogen) atoms. The molecule has 1 saturated heterocycles. The van der Waals surface area contributed by atoms with Crippen LogP contribution in [0.15, 0.2) is 0 Å². The van der Waals surface area contributed by atoms with Crippen LogP contribution in [0.5, 0.6) is 0 Å². The summed E-state index contributed by atoms with van der Waals surface area (Å²) in [6.45, 7) is 5.69. The highest BCUT2D eigenvalue weighted by molar-refractivity contribution is 5.85. The second kappa shape index (κ2) is 4.52. The Morgan fingerprint density at radius 3 is 2.41 bits per heavy atom. The molecule has 0 aromatic rings. The summed E-state index contributed by atoms with van der Waals surface area (Å²) < 4.78 is 9.85. The number of hydrogen-bond donors (Lipinski definition) is 1. The number of ether oxygens (including phenoxy) is 2. The number of hydrogen-bond acceptors (Lipinski definition) is 5. The molecule has 98 valence electrons. The number of carbonyl (C=O) groups excluding carboxylic acids is 2. The first kappa shape index (κ1) is 13.8. The van der Waals surface area contributed by atoms with Crippen molar-refractivity contribution >= 4 is 12.1 Å². The lowest BCUT2D eigenvalue weighted by Gasteiger charge is -2.33. The molecule has 1 unspecified atom stereocenters.